The maximum absolute atomic E-state index is 12.8. The molecule has 0 aliphatic rings. The summed E-state index contributed by atoms with van der Waals surface area (Å²) in [5.41, 5.74) is -4.26. The topological polar surface area (TPSA) is 61.8 Å². The summed E-state index contributed by atoms with van der Waals surface area (Å²) in [7, 11) is 1.77. The highest BCUT2D eigenvalue weighted by molar-refractivity contribution is 5.71. The number of halogens is 6. The average Bonchev–Trinajstić information content (AvgIpc) is 2.68. The van der Waals surface area contributed by atoms with Gasteiger partial charge in [0.15, 0.2) is 11.2 Å². The second-order valence-electron chi connectivity index (χ2n) is 4.51. The summed E-state index contributed by atoms with van der Waals surface area (Å²) < 4.78 is 76.2. The first kappa shape index (κ1) is 16.1. The minimum atomic E-state index is -4.93. The molecule has 0 fully saturated rings. The molecule has 0 unspecified atom stereocenters. The first-order valence-electron chi connectivity index (χ1n) is 5.65. The Kier molecular flexibility index (Phi) is 3.38. The summed E-state index contributed by atoms with van der Waals surface area (Å²) in [6, 6.07) is 0. The molecule has 6 nitrogen and oxygen atoms in total. The number of aromatic nitrogens is 4. The van der Waals surface area contributed by atoms with Gasteiger partial charge in [-0.1, -0.05) is 0 Å². The Morgan fingerprint density at radius 3 is 2.00 bits per heavy atom. The van der Waals surface area contributed by atoms with Gasteiger partial charge in [0.2, 0.25) is 5.82 Å². The van der Waals surface area contributed by atoms with Gasteiger partial charge in [0.25, 0.3) is 5.56 Å². The molecule has 0 saturated carbocycles. The van der Waals surface area contributed by atoms with Crippen LogP contribution in [-0.4, -0.2) is 24.9 Å². The Hall–Kier alpha value is -2.27. The molecule has 0 aliphatic heterocycles. The summed E-state index contributed by atoms with van der Waals surface area (Å²) in [4.78, 5) is 26.9. The zero-order chi connectivity index (χ0) is 17.0. The van der Waals surface area contributed by atoms with Gasteiger partial charge in [-0.15, -0.1) is 0 Å². The number of imidazole rings is 1. The number of aryl methyl sites for hydroxylation is 2. The molecule has 22 heavy (non-hydrogen) atoms. The predicted octanol–water partition coefficient (Wildman–Crippen LogP) is 1.01. The van der Waals surface area contributed by atoms with Crippen LogP contribution in [0.2, 0.25) is 0 Å². The van der Waals surface area contributed by atoms with E-state index in [4.69, 9.17) is 0 Å². The summed E-state index contributed by atoms with van der Waals surface area (Å²) in [6.07, 6.45) is -9.81. The van der Waals surface area contributed by atoms with Gasteiger partial charge in [0, 0.05) is 14.1 Å². The van der Waals surface area contributed by atoms with E-state index >= 15 is 0 Å². The van der Waals surface area contributed by atoms with Crippen LogP contribution in [0.25, 0.3) is 11.2 Å². The van der Waals surface area contributed by atoms with Gasteiger partial charge in [-0.2, -0.15) is 26.3 Å². The number of fused-ring (bicyclic) bond motifs is 1. The zero-order valence-corrected chi connectivity index (χ0v) is 11.1. The Bertz CT molecular complexity index is 854. The molecule has 0 atom stereocenters. The van der Waals surface area contributed by atoms with E-state index in [2.05, 4.69) is 4.98 Å². The Labute approximate surface area is 117 Å². The van der Waals surface area contributed by atoms with E-state index in [-0.39, 0.29) is 4.57 Å². The molecule has 0 saturated heterocycles. The van der Waals surface area contributed by atoms with E-state index in [1.165, 1.54) is 0 Å². The molecule has 0 bridgehead atoms. The largest absolute Gasteiger partial charge is 0.449 e. The van der Waals surface area contributed by atoms with Crippen LogP contribution in [0.3, 0.4) is 0 Å². The molecular formula is C10H8F6N4O2. The lowest BCUT2D eigenvalue weighted by Gasteiger charge is -2.10. The molecule has 2 heterocycles. The van der Waals surface area contributed by atoms with Crippen LogP contribution in [0, 0.1) is 0 Å². The van der Waals surface area contributed by atoms with Crippen LogP contribution in [-0.2, 0) is 26.8 Å². The van der Waals surface area contributed by atoms with Crippen molar-refractivity contribution in [2.45, 2.75) is 18.9 Å². The zero-order valence-electron chi connectivity index (χ0n) is 11.1. The molecule has 2 rings (SSSR count). The van der Waals surface area contributed by atoms with Gasteiger partial charge in [0.05, 0.1) is 0 Å². The molecule has 2 aromatic rings. The van der Waals surface area contributed by atoms with E-state index < -0.39 is 47.1 Å². The van der Waals surface area contributed by atoms with Gasteiger partial charge in [-0.25, -0.2) is 14.3 Å². The first-order valence-corrected chi connectivity index (χ1v) is 5.65. The van der Waals surface area contributed by atoms with E-state index in [0.29, 0.717) is 9.13 Å². The molecule has 0 radical (unpaired) electrons. The Morgan fingerprint density at radius 1 is 1.00 bits per heavy atom. The monoisotopic (exact) mass is 330 g/mol. The van der Waals surface area contributed by atoms with Crippen molar-refractivity contribution in [2.24, 2.45) is 14.1 Å². The van der Waals surface area contributed by atoms with Gasteiger partial charge in [0.1, 0.15) is 6.54 Å². The van der Waals surface area contributed by atoms with Crippen molar-refractivity contribution in [1.82, 2.24) is 18.7 Å². The number of alkyl halides is 6. The van der Waals surface area contributed by atoms with Crippen molar-refractivity contribution in [2.75, 3.05) is 0 Å². The highest BCUT2D eigenvalue weighted by atomic mass is 19.4. The van der Waals surface area contributed by atoms with Crippen molar-refractivity contribution in [1.29, 1.82) is 0 Å². The summed E-state index contributed by atoms with van der Waals surface area (Å²) in [5.74, 6) is -1.49. The standard InChI is InChI=1S/C10H8F6N4O2/c1-18-4-5(17-7(18)10(14,15)16)19(2)8(22)20(6(4)21)3-9(11,12)13/h3H2,1-2H3. The smallest absolute Gasteiger partial charge is 0.318 e. The minimum absolute atomic E-state index is 0.176. The molecule has 2 aromatic heterocycles. The summed E-state index contributed by atoms with van der Waals surface area (Å²) in [6.45, 7) is -1.90. The third-order valence-corrected chi connectivity index (χ3v) is 2.95. The van der Waals surface area contributed by atoms with E-state index in [1.807, 2.05) is 0 Å². The van der Waals surface area contributed by atoms with E-state index in [9.17, 15) is 35.9 Å². The number of nitrogens with zero attached hydrogens (tertiary/aromatic N) is 4. The van der Waals surface area contributed by atoms with Crippen LogP contribution in [0.5, 0.6) is 0 Å². The number of hydrogen-bond donors (Lipinski definition) is 0. The van der Waals surface area contributed by atoms with Crippen molar-refractivity contribution in [3.05, 3.63) is 26.7 Å². The van der Waals surface area contributed by atoms with Crippen molar-refractivity contribution < 1.29 is 26.3 Å². The highest BCUT2D eigenvalue weighted by Gasteiger charge is 2.38. The fourth-order valence-electron chi connectivity index (χ4n) is 2.02. The van der Waals surface area contributed by atoms with Crippen molar-refractivity contribution >= 4 is 11.2 Å². The lowest BCUT2D eigenvalue weighted by Crippen LogP contribution is -2.42. The van der Waals surface area contributed by atoms with Crippen molar-refractivity contribution in [3.8, 4) is 0 Å². The summed E-state index contributed by atoms with van der Waals surface area (Å²) in [5, 5.41) is 0. The number of hydrogen-bond acceptors (Lipinski definition) is 3. The lowest BCUT2D eigenvalue weighted by atomic mass is 10.4. The quantitative estimate of drug-likeness (QED) is 0.734. The van der Waals surface area contributed by atoms with Gasteiger partial charge >= 0.3 is 18.0 Å². The molecule has 0 N–H and O–H groups in total. The molecule has 122 valence electrons. The molecular weight excluding hydrogens is 322 g/mol. The van der Waals surface area contributed by atoms with Crippen LogP contribution in [0.1, 0.15) is 5.82 Å². The fourth-order valence-corrected chi connectivity index (χ4v) is 2.02. The Balaban J connectivity index is 2.92. The third kappa shape index (κ3) is 2.48. The van der Waals surface area contributed by atoms with Crippen LogP contribution in [0.15, 0.2) is 9.59 Å². The number of rotatable bonds is 1. The molecule has 0 spiro atoms. The van der Waals surface area contributed by atoms with Crippen LogP contribution >= 0.6 is 0 Å². The highest BCUT2D eigenvalue weighted by Crippen LogP contribution is 2.29. The van der Waals surface area contributed by atoms with Crippen molar-refractivity contribution in [3.63, 3.8) is 0 Å². The summed E-state index contributed by atoms with van der Waals surface area (Å²) >= 11 is 0. The maximum Gasteiger partial charge on any atom is 0.449 e. The molecule has 0 aliphatic carbocycles. The van der Waals surface area contributed by atoms with Gasteiger partial charge in [-0.3, -0.25) is 9.36 Å². The predicted molar refractivity (Wildman–Crippen MR) is 61.3 cm³/mol. The lowest BCUT2D eigenvalue weighted by molar-refractivity contribution is -0.146. The average molecular weight is 330 g/mol. The van der Waals surface area contributed by atoms with Gasteiger partial charge < -0.3 is 4.57 Å². The van der Waals surface area contributed by atoms with E-state index in [0.717, 1.165) is 14.1 Å². The Morgan fingerprint density at radius 2 is 1.55 bits per heavy atom. The van der Waals surface area contributed by atoms with Crippen LogP contribution in [0.4, 0.5) is 26.3 Å². The maximum atomic E-state index is 12.8. The van der Waals surface area contributed by atoms with Gasteiger partial charge in [-0.05, 0) is 0 Å². The molecule has 12 heteroatoms. The van der Waals surface area contributed by atoms with Crippen LogP contribution < -0.4 is 11.2 Å². The SMILES string of the molecule is Cn1c(C(F)(F)F)nc2c1c(=O)n(CC(F)(F)F)c(=O)n2C. The first-order chi connectivity index (χ1) is 9.84. The second-order valence-corrected chi connectivity index (χ2v) is 4.51. The fraction of sp³-hybridized carbons (Fsp3) is 0.500. The minimum Gasteiger partial charge on any atom is -0.318 e. The van der Waals surface area contributed by atoms with E-state index in [1.54, 1.807) is 0 Å². The second kappa shape index (κ2) is 4.61. The third-order valence-electron chi connectivity index (χ3n) is 2.95. The molecule has 0 amide bonds. The molecule has 0 aromatic carbocycles. The normalized spacial score (nSPS) is 13.1.